The molecule has 188 valence electrons. The summed E-state index contributed by atoms with van der Waals surface area (Å²) in [5, 5.41) is 5.64. The third-order valence-corrected chi connectivity index (χ3v) is 7.07. The summed E-state index contributed by atoms with van der Waals surface area (Å²) in [7, 11) is 1.86. The summed E-state index contributed by atoms with van der Waals surface area (Å²) in [4.78, 5) is 23.2. The number of fused-ring (bicyclic) bond motifs is 1. The van der Waals surface area contributed by atoms with E-state index in [1.807, 2.05) is 30.1 Å². The van der Waals surface area contributed by atoms with Crippen molar-refractivity contribution in [2.75, 3.05) is 7.05 Å². The number of nitrogens with zero attached hydrogens (tertiary/aromatic N) is 5. The lowest BCUT2D eigenvalue weighted by Crippen LogP contribution is -2.22. The van der Waals surface area contributed by atoms with Gasteiger partial charge in [0, 0.05) is 36.4 Å². The van der Waals surface area contributed by atoms with E-state index in [4.69, 9.17) is 11.6 Å². The van der Waals surface area contributed by atoms with Gasteiger partial charge >= 0.3 is 6.18 Å². The summed E-state index contributed by atoms with van der Waals surface area (Å²) in [6.07, 6.45) is 2.28. The highest BCUT2D eigenvalue weighted by atomic mass is 35.5. The lowest BCUT2D eigenvalue weighted by atomic mass is 10.1. The van der Waals surface area contributed by atoms with Gasteiger partial charge in [0.2, 0.25) is 0 Å². The van der Waals surface area contributed by atoms with Gasteiger partial charge in [0.15, 0.2) is 5.17 Å². The van der Waals surface area contributed by atoms with E-state index in [1.54, 1.807) is 36.8 Å². The second-order valence-electron chi connectivity index (χ2n) is 8.45. The van der Waals surface area contributed by atoms with Crippen molar-refractivity contribution >= 4 is 51.4 Å². The van der Waals surface area contributed by atoms with Crippen LogP contribution in [0.4, 0.5) is 13.2 Å². The Balaban J connectivity index is 1.34. The Morgan fingerprint density at radius 3 is 2.73 bits per heavy atom. The SMILES string of the molecule is CN(Cc1cccnc1)C1=NC(=O)C(=Cc2ccc3c(cnn3Cc3ccc(Cl)cc3C(F)(F)F)c2)S1. The Bertz CT molecular complexity index is 1550. The van der Waals surface area contributed by atoms with Gasteiger partial charge in [-0.15, -0.1) is 0 Å². The van der Waals surface area contributed by atoms with Crippen molar-refractivity contribution < 1.29 is 18.0 Å². The van der Waals surface area contributed by atoms with Crippen molar-refractivity contribution in [3.63, 3.8) is 0 Å². The maximum atomic E-state index is 13.5. The van der Waals surface area contributed by atoms with Crippen molar-refractivity contribution in [2.45, 2.75) is 19.3 Å². The molecule has 2 aromatic carbocycles. The van der Waals surface area contributed by atoms with Crippen molar-refractivity contribution in [3.05, 3.63) is 99.3 Å². The molecule has 0 unspecified atom stereocenters. The van der Waals surface area contributed by atoms with E-state index in [0.29, 0.717) is 22.1 Å². The summed E-state index contributed by atoms with van der Waals surface area (Å²) in [5.41, 5.74) is 1.72. The second-order valence-corrected chi connectivity index (χ2v) is 9.89. The zero-order valence-electron chi connectivity index (χ0n) is 19.4. The molecule has 0 spiro atoms. The van der Waals surface area contributed by atoms with Crippen LogP contribution in [0.2, 0.25) is 5.02 Å². The van der Waals surface area contributed by atoms with Crippen molar-refractivity contribution in [1.29, 1.82) is 0 Å². The summed E-state index contributed by atoms with van der Waals surface area (Å²) in [6, 6.07) is 12.9. The number of thioether (sulfide) groups is 1. The van der Waals surface area contributed by atoms with Gasteiger partial charge in [-0.3, -0.25) is 14.5 Å². The molecule has 3 heterocycles. The standard InChI is InChI=1S/C26H19ClF3N5OS/c1-34(14-17-3-2-8-31-12-17)25-33-24(36)23(37-25)10-16-4-7-22-19(9-16)13-32-35(22)15-18-5-6-20(27)11-21(18)26(28,29)30/h2-13H,14-15H2,1H3. The molecular weight excluding hydrogens is 523 g/mol. The fraction of sp³-hybridized carbons (Fsp3) is 0.154. The fourth-order valence-electron chi connectivity index (χ4n) is 3.98. The van der Waals surface area contributed by atoms with Gasteiger partial charge < -0.3 is 4.90 Å². The number of benzene rings is 2. The molecule has 2 aromatic heterocycles. The normalized spacial score (nSPS) is 15.0. The zero-order valence-corrected chi connectivity index (χ0v) is 21.0. The highest BCUT2D eigenvalue weighted by molar-refractivity contribution is 8.18. The number of carbonyl (C=O) groups is 1. The Morgan fingerprint density at radius 1 is 1.14 bits per heavy atom. The fourth-order valence-corrected chi connectivity index (χ4v) is 5.02. The quantitative estimate of drug-likeness (QED) is 0.279. The molecule has 11 heteroatoms. The van der Waals surface area contributed by atoms with Gasteiger partial charge in [0.05, 0.1) is 28.7 Å². The molecule has 0 saturated carbocycles. The Labute approximate surface area is 219 Å². The number of alkyl halides is 3. The molecule has 1 amide bonds. The number of amidine groups is 1. The van der Waals surface area contributed by atoms with Crippen LogP contribution in [-0.4, -0.2) is 37.8 Å². The van der Waals surface area contributed by atoms with E-state index in [-0.39, 0.29) is 23.0 Å². The lowest BCUT2D eigenvalue weighted by Gasteiger charge is -2.17. The van der Waals surface area contributed by atoms with Crippen molar-refractivity contribution in [3.8, 4) is 0 Å². The smallest absolute Gasteiger partial charge is 0.349 e. The number of carbonyl (C=O) groups excluding carboxylic acids is 1. The van der Waals surface area contributed by atoms with Crippen LogP contribution in [0, 0.1) is 0 Å². The topological polar surface area (TPSA) is 63.4 Å². The first-order valence-electron chi connectivity index (χ1n) is 11.1. The predicted octanol–water partition coefficient (Wildman–Crippen LogP) is 6.25. The molecule has 1 aliphatic heterocycles. The Morgan fingerprint density at radius 2 is 1.97 bits per heavy atom. The Kier molecular flexibility index (Phi) is 6.78. The molecule has 0 saturated heterocycles. The minimum Gasteiger partial charge on any atom is -0.349 e. The lowest BCUT2D eigenvalue weighted by molar-refractivity contribution is -0.138. The number of amides is 1. The highest BCUT2D eigenvalue weighted by Crippen LogP contribution is 2.35. The number of aliphatic imine (C=N–C) groups is 1. The number of hydrogen-bond donors (Lipinski definition) is 0. The minimum absolute atomic E-state index is 0.0220. The molecule has 37 heavy (non-hydrogen) atoms. The van der Waals surface area contributed by atoms with E-state index in [0.717, 1.165) is 22.6 Å². The van der Waals surface area contributed by atoms with Gasteiger partial charge in [-0.05, 0) is 64.9 Å². The average molecular weight is 542 g/mol. The zero-order chi connectivity index (χ0) is 26.2. The van der Waals surface area contributed by atoms with E-state index in [1.165, 1.54) is 28.6 Å². The van der Waals surface area contributed by atoms with Crippen LogP contribution in [-0.2, 0) is 24.1 Å². The van der Waals surface area contributed by atoms with Gasteiger partial charge in [-0.25, -0.2) is 0 Å². The van der Waals surface area contributed by atoms with E-state index in [2.05, 4.69) is 15.1 Å². The number of halogens is 4. The molecule has 0 fully saturated rings. The van der Waals surface area contributed by atoms with Crippen LogP contribution in [0.5, 0.6) is 0 Å². The molecule has 5 rings (SSSR count). The number of pyridine rings is 1. The van der Waals surface area contributed by atoms with Gasteiger partial charge in [0.1, 0.15) is 0 Å². The van der Waals surface area contributed by atoms with Crippen LogP contribution in [0.3, 0.4) is 0 Å². The molecule has 1 aliphatic rings. The molecule has 0 atom stereocenters. The van der Waals surface area contributed by atoms with Crippen LogP contribution in [0.25, 0.3) is 17.0 Å². The summed E-state index contributed by atoms with van der Waals surface area (Å²) < 4.78 is 42.0. The highest BCUT2D eigenvalue weighted by Gasteiger charge is 2.33. The molecule has 4 aromatic rings. The number of hydrogen-bond acceptors (Lipinski definition) is 5. The van der Waals surface area contributed by atoms with Gasteiger partial charge in [-0.2, -0.15) is 23.3 Å². The van der Waals surface area contributed by atoms with Gasteiger partial charge in [-0.1, -0.05) is 29.8 Å². The van der Waals surface area contributed by atoms with Crippen molar-refractivity contribution in [2.24, 2.45) is 4.99 Å². The third kappa shape index (κ3) is 5.55. The number of aromatic nitrogens is 3. The molecule has 0 N–H and O–H groups in total. The predicted molar refractivity (Wildman–Crippen MR) is 139 cm³/mol. The second kappa shape index (κ2) is 10.0. The maximum Gasteiger partial charge on any atom is 0.416 e. The first-order valence-corrected chi connectivity index (χ1v) is 12.3. The molecule has 6 nitrogen and oxygen atoms in total. The van der Waals surface area contributed by atoms with Crippen LogP contribution in [0.15, 0.2) is 77.0 Å². The first kappa shape index (κ1) is 25.0. The maximum absolute atomic E-state index is 13.5. The summed E-state index contributed by atoms with van der Waals surface area (Å²) in [6.45, 7) is 0.500. The van der Waals surface area contributed by atoms with E-state index >= 15 is 0 Å². The third-order valence-electron chi connectivity index (χ3n) is 5.74. The molecular formula is C26H19ClF3N5OS. The first-order chi connectivity index (χ1) is 17.7. The minimum atomic E-state index is -4.53. The van der Waals surface area contributed by atoms with E-state index in [9.17, 15) is 18.0 Å². The molecule has 0 radical (unpaired) electrons. The summed E-state index contributed by atoms with van der Waals surface area (Å²) >= 11 is 7.08. The van der Waals surface area contributed by atoms with Crippen LogP contribution >= 0.6 is 23.4 Å². The van der Waals surface area contributed by atoms with Gasteiger partial charge in [0.25, 0.3) is 5.91 Å². The largest absolute Gasteiger partial charge is 0.416 e. The number of rotatable bonds is 5. The molecule has 0 bridgehead atoms. The summed E-state index contributed by atoms with van der Waals surface area (Å²) in [5.74, 6) is -0.323. The average Bonchev–Trinajstić information content (AvgIpc) is 3.43. The molecule has 0 aliphatic carbocycles. The monoisotopic (exact) mass is 541 g/mol. The van der Waals surface area contributed by atoms with Crippen LogP contribution in [0.1, 0.15) is 22.3 Å². The van der Waals surface area contributed by atoms with Crippen LogP contribution < -0.4 is 0 Å². The van der Waals surface area contributed by atoms with Crippen molar-refractivity contribution in [1.82, 2.24) is 19.7 Å². The van der Waals surface area contributed by atoms with E-state index < -0.39 is 11.7 Å². The Hall–Kier alpha value is -3.63.